The molecule has 0 atom stereocenters. The Hall–Kier alpha value is -0.970. The minimum Gasteiger partial charge on any atom is -0.479 e. The van der Waals surface area contributed by atoms with Gasteiger partial charge in [-0.2, -0.15) is 0 Å². The molecule has 16 heavy (non-hydrogen) atoms. The largest absolute Gasteiger partial charge is 0.479 e. The number of halogens is 3. The molecule has 0 radical (unpaired) electrons. The molecule has 0 spiro atoms. The summed E-state index contributed by atoms with van der Waals surface area (Å²) in [5.74, 6) is -1.12. The quantitative estimate of drug-likeness (QED) is 0.524. The van der Waals surface area contributed by atoms with Crippen molar-refractivity contribution in [1.82, 2.24) is 0 Å². The van der Waals surface area contributed by atoms with Crippen molar-refractivity contribution in [3.63, 3.8) is 0 Å². The standard InChI is InChI=1S/C9H6Cl3NO3/c10-6-1-2-7(11)9(12)5(6)3-13-16-4-8(14)15/h1-3H,4H2,(H,14,15). The molecule has 1 aromatic carbocycles. The summed E-state index contributed by atoms with van der Waals surface area (Å²) in [6.45, 7) is -0.535. The molecule has 4 nitrogen and oxygen atoms in total. The molecule has 7 heteroatoms. The summed E-state index contributed by atoms with van der Waals surface area (Å²) in [6.07, 6.45) is 1.21. The van der Waals surface area contributed by atoms with E-state index in [0.29, 0.717) is 15.6 Å². The molecule has 0 amide bonds. The fraction of sp³-hybridized carbons (Fsp3) is 0.111. The third-order valence-corrected chi connectivity index (χ3v) is 2.67. The predicted molar refractivity (Wildman–Crippen MR) is 62.7 cm³/mol. The van der Waals surface area contributed by atoms with Gasteiger partial charge in [0.05, 0.1) is 21.3 Å². The van der Waals surface area contributed by atoms with E-state index < -0.39 is 12.6 Å². The van der Waals surface area contributed by atoms with Crippen molar-refractivity contribution in [3.8, 4) is 0 Å². The average molecular weight is 283 g/mol. The highest BCUT2D eigenvalue weighted by molar-refractivity contribution is 6.45. The Morgan fingerprint density at radius 3 is 2.62 bits per heavy atom. The minimum atomic E-state index is -1.12. The molecule has 0 aliphatic carbocycles. The van der Waals surface area contributed by atoms with E-state index in [4.69, 9.17) is 39.9 Å². The number of carboxylic acid groups (broad SMARTS) is 1. The molecule has 0 saturated carbocycles. The SMILES string of the molecule is O=C(O)CON=Cc1c(Cl)ccc(Cl)c1Cl. The van der Waals surface area contributed by atoms with E-state index in [1.54, 1.807) is 12.1 Å². The van der Waals surface area contributed by atoms with E-state index in [1.165, 1.54) is 6.21 Å². The number of hydrogen-bond acceptors (Lipinski definition) is 3. The molecular weight excluding hydrogens is 276 g/mol. The number of aliphatic carboxylic acids is 1. The van der Waals surface area contributed by atoms with Gasteiger partial charge in [0.1, 0.15) is 0 Å². The average Bonchev–Trinajstić information content (AvgIpc) is 2.22. The smallest absolute Gasteiger partial charge is 0.344 e. The lowest BCUT2D eigenvalue weighted by Crippen LogP contribution is -2.03. The van der Waals surface area contributed by atoms with Gasteiger partial charge in [0, 0.05) is 5.56 Å². The predicted octanol–water partition coefficient (Wildman–Crippen LogP) is 3.08. The lowest BCUT2D eigenvalue weighted by molar-refractivity contribution is -0.142. The molecule has 0 aliphatic heterocycles. The number of carboxylic acids is 1. The fourth-order valence-corrected chi connectivity index (χ4v) is 1.48. The zero-order valence-corrected chi connectivity index (χ0v) is 10.1. The van der Waals surface area contributed by atoms with Crippen molar-refractivity contribution in [2.75, 3.05) is 6.61 Å². The van der Waals surface area contributed by atoms with Crippen molar-refractivity contribution in [1.29, 1.82) is 0 Å². The number of benzene rings is 1. The van der Waals surface area contributed by atoms with Crippen molar-refractivity contribution in [2.24, 2.45) is 5.16 Å². The summed E-state index contributed by atoms with van der Waals surface area (Å²) in [7, 11) is 0. The monoisotopic (exact) mass is 281 g/mol. The van der Waals surface area contributed by atoms with Gasteiger partial charge in [0.25, 0.3) is 0 Å². The van der Waals surface area contributed by atoms with E-state index in [1.807, 2.05) is 0 Å². The summed E-state index contributed by atoms with van der Waals surface area (Å²) >= 11 is 17.5. The first-order valence-electron chi connectivity index (χ1n) is 4.03. The molecule has 1 N–H and O–H groups in total. The molecule has 0 bridgehead atoms. The number of rotatable bonds is 4. The summed E-state index contributed by atoms with van der Waals surface area (Å²) < 4.78 is 0. The summed E-state index contributed by atoms with van der Waals surface area (Å²) in [5, 5.41) is 12.6. The van der Waals surface area contributed by atoms with E-state index in [0.717, 1.165) is 0 Å². The van der Waals surface area contributed by atoms with Crippen LogP contribution in [0.2, 0.25) is 15.1 Å². The Morgan fingerprint density at radius 1 is 1.38 bits per heavy atom. The third kappa shape index (κ3) is 3.56. The maximum Gasteiger partial charge on any atom is 0.344 e. The molecule has 0 aliphatic rings. The summed E-state index contributed by atoms with van der Waals surface area (Å²) in [6, 6.07) is 3.09. The van der Waals surface area contributed by atoms with Crippen molar-refractivity contribution in [2.45, 2.75) is 0 Å². The molecule has 0 aromatic heterocycles. The Kier molecular flexibility index (Phi) is 4.86. The normalized spacial score (nSPS) is 10.7. The topological polar surface area (TPSA) is 58.9 Å². The van der Waals surface area contributed by atoms with E-state index in [2.05, 4.69) is 9.99 Å². The van der Waals surface area contributed by atoms with Gasteiger partial charge in [-0.15, -0.1) is 0 Å². The highest BCUT2D eigenvalue weighted by atomic mass is 35.5. The minimum absolute atomic E-state index is 0.233. The van der Waals surface area contributed by atoms with E-state index in [9.17, 15) is 4.79 Å². The van der Waals surface area contributed by atoms with Crippen LogP contribution in [-0.2, 0) is 9.63 Å². The number of hydrogen-bond donors (Lipinski definition) is 1. The second kappa shape index (κ2) is 5.94. The molecule has 0 heterocycles. The Labute approximate surface area is 106 Å². The number of oxime groups is 1. The molecule has 0 fully saturated rings. The fourth-order valence-electron chi connectivity index (χ4n) is 0.844. The van der Waals surface area contributed by atoms with Crippen LogP contribution < -0.4 is 0 Å². The van der Waals surface area contributed by atoms with Crippen molar-refractivity contribution >= 4 is 47.0 Å². The first kappa shape index (κ1) is 13.1. The number of nitrogens with zero attached hydrogens (tertiary/aromatic N) is 1. The highest BCUT2D eigenvalue weighted by Gasteiger charge is 2.07. The zero-order valence-electron chi connectivity index (χ0n) is 7.78. The maximum atomic E-state index is 10.1. The van der Waals surface area contributed by atoms with Crippen LogP contribution in [0.4, 0.5) is 0 Å². The van der Waals surface area contributed by atoms with Crippen LogP contribution in [0.3, 0.4) is 0 Å². The van der Waals surface area contributed by atoms with Crippen LogP contribution in [0.15, 0.2) is 17.3 Å². The van der Waals surface area contributed by atoms with Crippen LogP contribution in [0.1, 0.15) is 5.56 Å². The van der Waals surface area contributed by atoms with E-state index >= 15 is 0 Å². The first-order chi connectivity index (χ1) is 7.52. The second-order valence-corrected chi connectivity index (χ2v) is 3.85. The lowest BCUT2D eigenvalue weighted by Gasteiger charge is -2.02. The molecule has 86 valence electrons. The van der Waals surface area contributed by atoms with Gasteiger partial charge in [-0.1, -0.05) is 40.0 Å². The van der Waals surface area contributed by atoms with Crippen LogP contribution in [-0.4, -0.2) is 23.9 Å². The molecule has 0 saturated heterocycles. The summed E-state index contributed by atoms with van der Waals surface area (Å²) in [4.78, 5) is 14.6. The van der Waals surface area contributed by atoms with Gasteiger partial charge in [-0.25, -0.2) is 4.79 Å². The summed E-state index contributed by atoms with van der Waals surface area (Å²) in [5.41, 5.74) is 0.376. The van der Waals surface area contributed by atoms with Crippen LogP contribution in [0.5, 0.6) is 0 Å². The van der Waals surface area contributed by atoms with E-state index in [-0.39, 0.29) is 5.02 Å². The Morgan fingerprint density at radius 2 is 2.00 bits per heavy atom. The molecule has 1 rings (SSSR count). The van der Waals surface area contributed by atoms with Gasteiger partial charge in [-0.3, -0.25) is 0 Å². The maximum absolute atomic E-state index is 10.1. The second-order valence-electron chi connectivity index (χ2n) is 2.66. The third-order valence-electron chi connectivity index (χ3n) is 1.52. The van der Waals surface area contributed by atoms with Crippen molar-refractivity contribution < 1.29 is 14.7 Å². The molecular formula is C9H6Cl3NO3. The molecule has 0 unspecified atom stereocenters. The van der Waals surface area contributed by atoms with Gasteiger partial charge in [0.15, 0.2) is 0 Å². The van der Waals surface area contributed by atoms with Gasteiger partial charge >= 0.3 is 5.97 Å². The zero-order chi connectivity index (χ0) is 12.1. The van der Waals surface area contributed by atoms with Gasteiger partial charge in [-0.05, 0) is 12.1 Å². The first-order valence-corrected chi connectivity index (χ1v) is 5.16. The Balaban J connectivity index is 2.80. The highest BCUT2D eigenvalue weighted by Crippen LogP contribution is 2.29. The van der Waals surface area contributed by atoms with Gasteiger partial charge in [0.2, 0.25) is 6.61 Å². The van der Waals surface area contributed by atoms with Crippen LogP contribution in [0.25, 0.3) is 0 Å². The van der Waals surface area contributed by atoms with Gasteiger partial charge < -0.3 is 9.94 Å². The van der Waals surface area contributed by atoms with Crippen LogP contribution in [0, 0.1) is 0 Å². The van der Waals surface area contributed by atoms with Crippen molar-refractivity contribution in [3.05, 3.63) is 32.8 Å². The van der Waals surface area contributed by atoms with Crippen LogP contribution >= 0.6 is 34.8 Å². The lowest BCUT2D eigenvalue weighted by atomic mass is 10.2. The number of carbonyl (C=O) groups is 1. The molecule has 1 aromatic rings. The Bertz CT molecular complexity index is 434.